The number of benzene rings is 1. The average molecular weight is 273 g/mol. The molecule has 1 N–H and O–H groups in total. The third kappa shape index (κ3) is 4.51. The van der Waals surface area contributed by atoms with E-state index in [1.807, 2.05) is 0 Å². The van der Waals surface area contributed by atoms with Crippen molar-refractivity contribution < 1.29 is 17.9 Å². The lowest BCUT2D eigenvalue weighted by Gasteiger charge is -2.11. The number of hydrogen-bond donors (Lipinski definition) is 1. The summed E-state index contributed by atoms with van der Waals surface area (Å²) in [5.74, 6) is 0. The zero-order chi connectivity index (χ0) is 13.7. The normalized spacial score (nSPS) is 19.8. The van der Waals surface area contributed by atoms with Crippen molar-refractivity contribution in [3.05, 3.63) is 35.4 Å². The molecule has 0 spiro atoms. The summed E-state index contributed by atoms with van der Waals surface area (Å²) in [6, 6.07) is 5.35. The second-order valence-electron chi connectivity index (χ2n) is 4.78. The fourth-order valence-electron chi connectivity index (χ4n) is 2.16. The maximum atomic E-state index is 12.4. The quantitative estimate of drug-likeness (QED) is 0.833. The largest absolute Gasteiger partial charge is 0.416 e. The van der Waals surface area contributed by atoms with Gasteiger partial charge in [-0.25, -0.2) is 0 Å². The van der Waals surface area contributed by atoms with Crippen molar-refractivity contribution in [2.75, 3.05) is 19.7 Å². The first-order valence-electron chi connectivity index (χ1n) is 6.54. The Labute approximate surface area is 111 Å². The lowest BCUT2D eigenvalue weighted by atomic mass is 10.1. The van der Waals surface area contributed by atoms with Crippen molar-refractivity contribution >= 4 is 0 Å². The third-order valence-electron chi connectivity index (χ3n) is 3.27. The molecule has 1 fully saturated rings. The molecular formula is C14H18F3NO. The summed E-state index contributed by atoms with van der Waals surface area (Å²) in [5, 5.41) is 3.27. The van der Waals surface area contributed by atoms with Crippen molar-refractivity contribution in [2.24, 2.45) is 0 Å². The molecule has 0 aliphatic carbocycles. The smallest absolute Gasteiger partial charge is 0.377 e. The van der Waals surface area contributed by atoms with Crippen LogP contribution in [0.2, 0.25) is 0 Å². The summed E-state index contributed by atoms with van der Waals surface area (Å²) >= 11 is 0. The van der Waals surface area contributed by atoms with E-state index < -0.39 is 11.7 Å². The SMILES string of the molecule is FC(F)(F)c1ccc(CCNCC2CCCO2)cc1. The second kappa shape index (κ2) is 6.39. The summed E-state index contributed by atoms with van der Waals surface area (Å²) in [7, 11) is 0. The van der Waals surface area contributed by atoms with Crippen molar-refractivity contribution in [2.45, 2.75) is 31.5 Å². The van der Waals surface area contributed by atoms with E-state index in [1.165, 1.54) is 12.1 Å². The summed E-state index contributed by atoms with van der Waals surface area (Å²) in [5.41, 5.74) is 0.316. The first-order chi connectivity index (χ1) is 9.05. The lowest BCUT2D eigenvalue weighted by molar-refractivity contribution is -0.137. The Morgan fingerprint density at radius 3 is 2.53 bits per heavy atom. The van der Waals surface area contributed by atoms with Gasteiger partial charge in [0.15, 0.2) is 0 Å². The monoisotopic (exact) mass is 273 g/mol. The topological polar surface area (TPSA) is 21.3 Å². The fourth-order valence-corrected chi connectivity index (χ4v) is 2.16. The Balaban J connectivity index is 1.71. The maximum absolute atomic E-state index is 12.4. The van der Waals surface area contributed by atoms with Gasteiger partial charge in [0.2, 0.25) is 0 Å². The predicted molar refractivity (Wildman–Crippen MR) is 67.0 cm³/mol. The zero-order valence-corrected chi connectivity index (χ0v) is 10.7. The molecule has 1 heterocycles. The van der Waals surface area contributed by atoms with Crippen LogP contribution in [-0.2, 0) is 17.3 Å². The summed E-state index contributed by atoms with van der Waals surface area (Å²) in [6.07, 6.45) is -1.02. The molecule has 1 aliphatic rings. The van der Waals surface area contributed by atoms with Crippen LogP contribution in [0.4, 0.5) is 13.2 Å². The van der Waals surface area contributed by atoms with Crippen LogP contribution in [-0.4, -0.2) is 25.8 Å². The maximum Gasteiger partial charge on any atom is 0.416 e. The molecule has 1 saturated heterocycles. The van der Waals surface area contributed by atoms with Gasteiger partial charge in [-0.3, -0.25) is 0 Å². The van der Waals surface area contributed by atoms with Gasteiger partial charge < -0.3 is 10.1 Å². The number of hydrogen-bond acceptors (Lipinski definition) is 2. The second-order valence-corrected chi connectivity index (χ2v) is 4.78. The highest BCUT2D eigenvalue weighted by atomic mass is 19.4. The predicted octanol–water partition coefficient (Wildman–Crippen LogP) is 3.02. The molecule has 0 bridgehead atoms. The van der Waals surface area contributed by atoms with Crippen LogP contribution in [0.3, 0.4) is 0 Å². The fraction of sp³-hybridized carbons (Fsp3) is 0.571. The Morgan fingerprint density at radius 1 is 1.21 bits per heavy atom. The molecule has 106 valence electrons. The van der Waals surface area contributed by atoms with Gasteiger partial charge in [0.1, 0.15) is 0 Å². The summed E-state index contributed by atoms with van der Waals surface area (Å²) in [6.45, 7) is 2.41. The van der Waals surface area contributed by atoms with Gasteiger partial charge in [0.25, 0.3) is 0 Å². The average Bonchev–Trinajstić information content (AvgIpc) is 2.87. The van der Waals surface area contributed by atoms with E-state index in [0.29, 0.717) is 6.10 Å². The molecule has 19 heavy (non-hydrogen) atoms. The van der Waals surface area contributed by atoms with Gasteiger partial charge in [0.05, 0.1) is 11.7 Å². The van der Waals surface area contributed by atoms with Crippen molar-refractivity contribution in [1.82, 2.24) is 5.32 Å². The molecule has 1 aliphatic heterocycles. The van der Waals surface area contributed by atoms with Gasteiger partial charge in [-0.05, 0) is 43.5 Å². The van der Waals surface area contributed by atoms with E-state index in [-0.39, 0.29) is 0 Å². The Bertz CT molecular complexity index is 383. The Hall–Kier alpha value is -1.07. The highest BCUT2D eigenvalue weighted by Crippen LogP contribution is 2.29. The van der Waals surface area contributed by atoms with Crippen molar-refractivity contribution in [3.8, 4) is 0 Å². The van der Waals surface area contributed by atoms with Crippen LogP contribution in [0.5, 0.6) is 0 Å². The van der Waals surface area contributed by atoms with Crippen molar-refractivity contribution in [3.63, 3.8) is 0 Å². The van der Waals surface area contributed by atoms with E-state index in [1.54, 1.807) is 0 Å². The molecule has 1 aromatic carbocycles. The first kappa shape index (κ1) is 14.3. The first-order valence-corrected chi connectivity index (χ1v) is 6.54. The van der Waals surface area contributed by atoms with E-state index in [0.717, 1.165) is 56.7 Å². The van der Waals surface area contributed by atoms with Crippen LogP contribution < -0.4 is 5.32 Å². The van der Waals surface area contributed by atoms with Gasteiger partial charge in [-0.15, -0.1) is 0 Å². The van der Waals surface area contributed by atoms with Crippen molar-refractivity contribution in [1.29, 1.82) is 0 Å². The Morgan fingerprint density at radius 2 is 1.95 bits per heavy atom. The number of halogens is 3. The van der Waals surface area contributed by atoms with Gasteiger partial charge in [-0.1, -0.05) is 12.1 Å². The molecule has 0 amide bonds. The van der Waals surface area contributed by atoms with Crippen LogP contribution in [0.25, 0.3) is 0 Å². The molecular weight excluding hydrogens is 255 g/mol. The van der Waals surface area contributed by atoms with E-state index >= 15 is 0 Å². The molecule has 5 heteroatoms. The standard InChI is InChI=1S/C14H18F3NO/c15-14(16,17)12-5-3-11(4-6-12)7-8-18-10-13-2-1-9-19-13/h3-6,13,18H,1-2,7-10H2. The van der Waals surface area contributed by atoms with E-state index in [2.05, 4.69) is 5.32 Å². The lowest BCUT2D eigenvalue weighted by Crippen LogP contribution is -2.27. The molecule has 0 radical (unpaired) electrons. The number of rotatable bonds is 5. The number of nitrogens with one attached hydrogen (secondary N) is 1. The molecule has 2 rings (SSSR count). The van der Waals surface area contributed by atoms with Crippen LogP contribution in [0, 0.1) is 0 Å². The van der Waals surface area contributed by atoms with E-state index in [9.17, 15) is 13.2 Å². The molecule has 0 aromatic heterocycles. The van der Waals surface area contributed by atoms with Crippen LogP contribution in [0.1, 0.15) is 24.0 Å². The third-order valence-corrected chi connectivity index (χ3v) is 3.27. The zero-order valence-electron chi connectivity index (χ0n) is 10.7. The molecule has 1 unspecified atom stereocenters. The minimum absolute atomic E-state index is 0.299. The molecule has 1 atom stereocenters. The van der Waals surface area contributed by atoms with E-state index in [4.69, 9.17) is 4.74 Å². The number of alkyl halides is 3. The van der Waals surface area contributed by atoms with Gasteiger partial charge in [0, 0.05) is 13.2 Å². The van der Waals surface area contributed by atoms with Crippen LogP contribution in [0.15, 0.2) is 24.3 Å². The summed E-state index contributed by atoms with van der Waals surface area (Å²) < 4.78 is 42.6. The van der Waals surface area contributed by atoms with Gasteiger partial charge in [-0.2, -0.15) is 13.2 Å². The molecule has 0 saturated carbocycles. The highest BCUT2D eigenvalue weighted by Gasteiger charge is 2.29. The van der Waals surface area contributed by atoms with Gasteiger partial charge >= 0.3 is 6.18 Å². The minimum atomic E-state index is -4.25. The molecule has 2 nitrogen and oxygen atoms in total. The Kier molecular flexibility index (Phi) is 4.82. The molecule has 1 aromatic rings. The summed E-state index contributed by atoms with van der Waals surface area (Å²) in [4.78, 5) is 0. The number of ether oxygens (including phenoxy) is 1. The van der Waals surface area contributed by atoms with Crippen LogP contribution >= 0.6 is 0 Å². The minimum Gasteiger partial charge on any atom is -0.377 e. The highest BCUT2D eigenvalue weighted by molar-refractivity contribution is 5.24.